The Morgan fingerprint density at radius 3 is 2.77 bits per heavy atom. The average Bonchev–Trinajstić information content (AvgIpc) is 2.68. The summed E-state index contributed by atoms with van der Waals surface area (Å²) in [6, 6.07) is 4.55. The summed E-state index contributed by atoms with van der Waals surface area (Å²) >= 11 is 0. The summed E-state index contributed by atoms with van der Waals surface area (Å²) in [6.45, 7) is 2.30. The first-order valence-corrected chi connectivity index (χ1v) is 8.18. The van der Waals surface area contributed by atoms with Crippen LogP contribution in [0.4, 0.5) is 11.4 Å². The summed E-state index contributed by atoms with van der Waals surface area (Å²) in [5, 5.41) is 11.5. The highest BCUT2D eigenvalue weighted by molar-refractivity contribution is 5.95. The van der Waals surface area contributed by atoms with Gasteiger partial charge in [-0.15, -0.1) is 0 Å². The highest BCUT2D eigenvalue weighted by Gasteiger charge is 2.24. The molecule has 1 saturated heterocycles. The zero-order chi connectivity index (χ0) is 18.5. The van der Waals surface area contributed by atoms with Crippen molar-refractivity contribution < 1.29 is 14.5 Å². The Kier molecular flexibility index (Phi) is 5.37. The van der Waals surface area contributed by atoms with E-state index in [0.717, 1.165) is 0 Å². The third kappa shape index (κ3) is 3.94. The molecular formula is C17H19N5O4. The molecular weight excluding hydrogens is 338 g/mol. The smallest absolute Gasteiger partial charge is 0.293 e. The molecule has 0 saturated carbocycles. The molecule has 9 nitrogen and oxygen atoms in total. The maximum atomic E-state index is 12.6. The molecule has 1 aliphatic rings. The van der Waals surface area contributed by atoms with Crippen LogP contribution >= 0.6 is 0 Å². The number of nitrogens with zero attached hydrogens (tertiary/aromatic N) is 5. The van der Waals surface area contributed by atoms with Crippen molar-refractivity contribution in [1.29, 1.82) is 0 Å². The van der Waals surface area contributed by atoms with Crippen molar-refractivity contribution in [2.45, 2.75) is 6.54 Å². The van der Waals surface area contributed by atoms with E-state index in [1.165, 1.54) is 6.07 Å². The van der Waals surface area contributed by atoms with Gasteiger partial charge in [-0.05, 0) is 12.1 Å². The van der Waals surface area contributed by atoms with Gasteiger partial charge >= 0.3 is 0 Å². The van der Waals surface area contributed by atoms with Gasteiger partial charge in [0, 0.05) is 44.2 Å². The van der Waals surface area contributed by atoms with Crippen LogP contribution in [0, 0.1) is 10.1 Å². The second kappa shape index (κ2) is 7.87. The van der Waals surface area contributed by atoms with Crippen molar-refractivity contribution in [2.75, 3.05) is 38.3 Å². The van der Waals surface area contributed by atoms with Crippen molar-refractivity contribution in [3.63, 3.8) is 0 Å². The second-order valence-corrected chi connectivity index (χ2v) is 5.92. The summed E-state index contributed by atoms with van der Waals surface area (Å²) in [5.74, 6) is -0.223. The fourth-order valence-corrected chi connectivity index (χ4v) is 2.81. The van der Waals surface area contributed by atoms with Gasteiger partial charge in [0.25, 0.3) is 11.6 Å². The lowest BCUT2D eigenvalue weighted by molar-refractivity contribution is -0.384. The van der Waals surface area contributed by atoms with Crippen LogP contribution in [0.15, 0.2) is 36.8 Å². The standard InChI is InChI=1S/C17H19N5O4/c1-20(12-14-11-18-4-5-19-14)15-3-2-13(10-16(15)22(24)25)17(23)21-6-8-26-9-7-21/h2-5,10-11H,6-9,12H2,1H3. The minimum atomic E-state index is -0.474. The number of hydrogen-bond donors (Lipinski definition) is 0. The van der Waals surface area contributed by atoms with Gasteiger partial charge < -0.3 is 14.5 Å². The van der Waals surface area contributed by atoms with E-state index in [0.29, 0.717) is 49.8 Å². The van der Waals surface area contributed by atoms with E-state index in [9.17, 15) is 14.9 Å². The molecule has 9 heteroatoms. The highest BCUT2D eigenvalue weighted by atomic mass is 16.6. The molecule has 0 radical (unpaired) electrons. The SMILES string of the molecule is CN(Cc1cnccn1)c1ccc(C(=O)N2CCOCC2)cc1[N+](=O)[O-]. The van der Waals surface area contributed by atoms with Crippen molar-refractivity contribution in [1.82, 2.24) is 14.9 Å². The Morgan fingerprint density at radius 2 is 2.12 bits per heavy atom. The number of nitro groups is 1. The molecule has 1 aliphatic heterocycles. The predicted molar refractivity (Wildman–Crippen MR) is 94.0 cm³/mol. The number of benzene rings is 1. The lowest BCUT2D eigenvalue weighted by Crippen LogP contribution is -2.40. The lowest BCUT2D eigenvalue weighted by Gasteiger charge is -2.27. The van der Waals surface area contributed by atoms with Crippen LogP contribution in [0.2, 0.25) is 0 Å². The molecule has 2 aromatic rings. The summed E-state index contributed by atoms with van der Waals surface area (Å²) in [4.78, 5) is 35.2. The first kappa shape index (κ1) is 17.7. The van der Waals surface area contributed by atoms with Crippen LogP contribution in [-0.4, -0.2) is 59.0 Å². The van der Waals surface area contributed by atoms with Gasteiger partial charge in [-0.3, -0.25) is 24.9 Å². The first-order chi connectivity index (χ1) is 12.6. The summed E-state index contributed by atoms with van der Waals surface area (Å²) < 4.78 is 5.24. The van der Waals surface area contributed by atoms with Gasteiger partial charge in [0.05, 0.1) is 36.6 Å². The molecule has 1 aromatic carbocycles. The first-order valence-electron chi connectivity index (χ1n) is 8.18. The number of aromatic nitrogens is 2. The van der Waals surface area contributed by atoms with Gasteiger partial charge in [-0.1, -0.05) is 0 Å². The Bertz CT molecular complexity index is 793. The normalized spacial score (nSPS) is 14.1. The van der Waals surface area contributed by atoms with Gasteiger partial charge in [0.15, 0.2) is 0 Å². The molecule has 0 bridgehead atoms. The highest BCUT2D eigenvalue weighted by Crippen LogP contribution is 2.29. The average molecular weight is 357 g/mol. The zero-order valence-corrected chi connectivity index (χ0v) is 14.4. The van der Waals surface area contributed by atoms with Gasteiger partial charge in [-0.25, -0.2) is 0 Å². The summed E-state index contributed by atoms with van der Waals surface area (Å²) in [6.07, 6.45) is 4.75. The quantitative estimate of drug-likeness (QED) is 0.590. The predicted octanol–water partition coefficient (Wildman–Crippen LogP) is 1.49. The van der Waals surface area contributed by atoms with E-state index in [2.05, 4.69) is 9.97 Å². The maximum absolute atomic E-state index is 12.6. The number of amides is 1. The van der Waals surface area contributed by atoms with E-state index < -0.39 is 4.92 Å². The third-order valence-corrected chi connectivity index (χ3v) is 4.14. The molecule has 26 heavy (non-hydrogen) atoms. The van der Waals surface area contributed by atoms with E-state index in [1.807, 2.05) is 0 Å². The molecule has 1 amide bonds. The van der Waals surface area contributed by atoms with Crippen molar-refractivity contribution in [2.24, 2.45) is 0 Å². The van der Waals surface area contributed by atoms with E-state index >= 15 is 0 Å². The molecule has 0 unspecified atom stereocenters. The molecule has 136 valence electrons. The molecule has 0 spiro atoms. The van der Waals surface area contributed by atoms with Crippen LogP contribution in [-0.2, 0) is 11.3 Å². The number of ether oxygens (including phenoxy) is 1. The maximum Gasteiger partial charge on any atom is 0.293 e. The summed E-state index contributed by atoms with van der Waals surface area (Å²) in [7, 11) is 1.74. The number of carbonyl (C=O) groups excluding carboxylic acids is 1. The van der Waals surface area contributed by atoms with Gasteiger partial charge in [0.1, 0.15) is 5.69 Å². The summed E-state index contributed by atoms with van der Waals surface area (Å²) in [5.41, 5.74) is 1.29. The monoisotopic (exact) mass is 357 g/mol. The molecule has 0 aliphatic carbocycles. The van der Waals surface area contributed by atoms with Gasteiger partial charge in [0.2, 0.25) is 0 Å². The van der Waals surface area contributed by atoms with E-state index in [4.69, 9.17) is 4.74 Å². The molecule has 0 N–H and O–H groups in total. The Morgan fingerprint density at radius 1 is 1.35 bits per heavy atom. The second-order valence-electron chi connectivity index (χ2n) is 5.92. The molecule has 1 aromatic heterocycles. The van der Waals surface area contributed by atoms with E-state index in [-0.39, 0.29) is 11.6 Å². The van der Waals surface area contributed by atoms with Crippen LogP contribution in [0.25, 0.3) is 0 Å². The number of hydrogen-bond acceptors (Lipinski definition) is 7. The Balaban J connectivity index is 1.84. The van der Waals surface area contributed by atoms with Crippen molar-refractivity contribution in [3.8, 4) is 0 Å². The topological polar surface area (TPSA) is 102 Å². The van der Waals surface area contributed by atoms with Gasteiger partial charge in [-0.2, -0.15) is 0 Å². The van der Waals surface area contributed by atoms with E-state index in [1.54, 1.807) is 47.6 Å². The molecule has 1 fully saturated rings. The fraction of sp³-hybridized carbons (Fsp3) is 0.353. The largest absolute Gasteiger partial charge is 0.378 e. The van der Waals surface area contributed by atoms with Crippen LogP contribution < -0.4 is 4.90 Å². The minimum absolute atomic E-state index is 0.115. The van der Waals surface area contributed by atoms with Crippen LogP contribution in [0.5, 0.6) is 0 Å². The Hall–Kier alpha value is -3.07. The Labute approximate surface area is 150 Å². The van der Waals surface area contributed by atoms with Crippen LogP contribution in [0.1, 0.15) is 16.1 Å². The van der Waals surface area contributed by atoms with Crippen molar-refractivity contribution >= 4 is 17.3 Å². The zero-order valence-electron chi connectivity index (χ0n) is 14.4. The number of anilines is 1. The molecule has 0 atom stereocenters. The molecule has 3 rings (SSSR count). The fourth-order valence-electron chi connectivity index (χ4n) is 2.81. The lowest BCUT2D eigenvalue weighted by atomic mass is 10.1. The number of rotatable bonds is 5. The number of nitro benzene ring substituents is 1. The third-order valence-electron chi connectivity index (χ3n) is 4.14. The number of morpholine rings is 1. The number of carbonyl (C=O) groups is 1. The molecule has 2 heterocycles. The van der Waals surface area contributed by atoms with Crippen LogP contribution in [0.3, 0.4) is 0 Å². The van der Waals surface area contributed by atoms with Crippen molar-refractivity contribution in [3.05, 3.63) is 58.2 Å². The minimum Gasteiger partial charge on any atom is -0.378 e.